The Kier molecular flexibility index (Phi) is 3.87. The van der Waals surface area contributed by atoms with E-state index >= 15 is 0 Å². The highest BCUT2D eigenvalue weighted by Gasteiger charge is 2.28. The summed E-state index contributed by atoms with van der Waals surface area (Å²) in [5.41, 5.74) is 0.116. The quantitative estimate of drug-likeness (QED) is 0.674. The minimum Gasteiger partial charge on any atom is -0.388 e. The molecule has 0 radical (unpaired) electrons. The Labute approximate surface area is 110 Å². The fourth-order valence-corrected chi connectivity index (χ4v) is 3.53. The molecular formula is C12H18N2O3S. The number of nitrogens with zero attached hydrogens (tertiary/aromatic N) is 2. The average molecular weight is 270 g/mol. The predicted molar refractivity (Wildman–Crippen MR) is 72.3 cm³/mol. The van der Waals surface area contributed by atoms with E-state index in [2.05, 4.69) is 0 Å². The zero-order valence-electron chi connectivity index (χ0n) is 10.6. The lowest BCUT2D eigenvalue weighted by Gasteiger charge is -2.24. The van der Waals surface area contributed by atoms with E-state index in [1.807, 2.05) is 11.9 Å². The number of rotatable bonds is 4. The maximum absolute atomic E-state index is 11.1. The van der Waals surface area contributed by atoms with Gasteiger partial charge >= 0.3 is 5.69 Å². The lowest BCUT2D eigenvalue weighted by atomic mass is 10.2. The lowest BCUT2D eigenvalue weighted by Crippen LogP contribution is -2.28. The van der Waals surface area contributed by atoms with Crippen molar-refractivity contribution in [3.05, 3.63) is 21.1 Å². The number of aliphatic hydroxyl groups is 1. The molecule has 0 unspecified atom stereocenters. The molecule has 1 aromatic rings. The third kappa shape index (κ3) is 2.49. The Balaban J connectivity index is 2.32. The number of anilines is 1. The normalized spacial score (nSPS) is 17.9. The Morgan fingerprint density at radius 3 is 2.67 bits per heavy atom. The molecular weight excluding hydrogens is 252 g/mol. The van der Waals surface area contributed by atoms with Crippen molar-refractivity contribution in [3.63, 3.8) is 0 Å². The molecule has 6 heteroatoms. The number of thiophene rings is 1. The molecule has 5 nitrogen and oxygen atoms in total. The second kappa shape index (κ2) is 5.24. The van der Waals surface area contributed by atoms with Crippen LogP contribution in [0, 0.1) is 10.1 Å². The van der Waals surface area contributed by atoms with Gasteiger partial charge in [0.15, 0.2) is 5.00 Å². The molecule has 1 fully saturated rings. The van der Waals surface area contributed by atoms with Crippen molar-refractivity contribution in [2.75, 3.05) is 11.9 Å². The minimum atomic E-state index is -0.653. The first kappa shape index (κ1) is 13.3. The predicted octanol–water partition coefficient (Wildman–Crippen LogP) is 3.09. The third-order valence-corrected chi connectivity index (χ3v) is 4.90. The molecule has 0 aliphatic heterocycles. The van der Waals surface area contributed by atoms with Gasteiger partial charge in [-0.05, 0) is 19.8 Å². The molecule has 1 saturated carbocycles. The van der Waals surface area contributed by atoms with E-state index < -0.39 is 6.10 Å². The summed E-state index contributed by atoms with van der Waals surface area (Å²) in [5, 5.41) is 21.3. The van der Waals surface area contributed by atoms with E-state index in [9.17, 15) is 15.2 Å². The number of aliphatic hydroxyl groups excluding tert-OH is 1. The molecule has 1 aliphatic carbocycles. The fraction of sp³-hybridized carbons (Fsp3) is 0.667. The fourth-order valence-electron chi connectivity index (χ4n) is 2.44. The maximum atomic E-state index is 11.1. The van der Waals surface area contributed by atoms with Crippen molar-refractivity contribution >= 4 is 22.0 Å². The standard InChI is InChI=1S/C12H18N2O3S/c1-8(15)11-7-10(14(16)17)12(18-11)13(2)9-5-3-4-6-9/h7-9,15H,3-6H2,1-2H3/t8-/m1/s1. The van der Waals surface area contributed by atoms with Crippen molar-refractivity contribution in [1.82, 2.24) is 0 Å². The number of hydrogen-bond donors (Lipinski definition) is 1. The van der Waals surface area contributed by atoms with E-state index in [1.165, 1.54) is 30.2 Å². The van der Waals surface area contributed by atoms with E-state index in [0.29, 0.717) is 15.9 Å². The second-order valence-electron chi connectivity index (χ2n) is 4.82. The summed E-state index contributed by atoms with van der Waals surface area (Å²) in [5.74, 6) is 0. The van der Waals surface area contributed by atoms with Gasteiger partial charge in [-0.25, -0.2) is 0 Å². The van der Waals surface area contributed by atoms with Crippen LogP contribution in [-0.4, -0.2) is 23.1 Å². The van der Waals surface area contributed by atoms with Gasteiger partial charge in [0.1, 0.15) is 0 Å². The third-order valence-electron chi connectivity index (χ3n) is 3.51. The molecule has 1 N–H and O–H groups in total. The monoisotopic (exact) mass is 270 g/mol. The van der Waals surface area contributed by atoms with Crippen molar-refractivity contribution in [1.29, 1.82) is 0 Å². The van der Waals surface area contributed by atoms with Crippen LogP contribution in [-0.2, 0) is 0 Å². The van der Waals surface area contributed by atoms with E-state index in [0.717, 1.165) is 12.8 Å². The van der Waals surface area contributed by atoms with Crippen LogP contribution in [0.1, 0.15) is 43.6 Å². The van der Waals surface area contributed by atoms with Gasteiger partial charge < -0.3 is 10.0 Å². The summed E-state index contributed by atoms with van der Waals surface area (Å²) in [4.78, 5) is 13.4. The van der Waals surface area contributed by atoms with Crippen LogP contribution < -0.4 is 4.90 Å². The van der Waals surface area contributed by atoms with Gasteiger partial charge in [0.25, 0.3) is 0 Å². The van der Waals surface area contributed by atoms with Crippen molar-refractivity contribution < 1.29 is 10.0 Å². The van der Waals surface area contributed by atoms with Crippen LogP contribution in [0.5, 0.6) is 0 Å². The topological polar surface area (TPSA) is 66.6 Å². The second-order valence-corrected chi connectivity index (χ2v) is 5.88. The largest absolute Gasteiger partial charge is 0.388 e. The molecule has 18 heavy (non-hydrogen) atoms. The van der Waals surface area contributed by atoms with Crippen molar-refractivity contribution in [2.24, 2.45) is 0 Å². The highest BCUT2D eigenvalue weighted by molar-refractivity contribution is 7.16. The smallest absolute Gasteiger partial charge is 0.304 e. The van der Waals surface area contributed by atoms with Gasteiger partial charge in [0.2, 0.25) is 0 Å². The van der Waals surface area contributed by atoms with Crippen LogP contribution in [0.25, 0.3) is 0 Å². The van der Waals surface area contributed by atoms with Crippen LogP contribution in [0.15, 0.2) is 6.07 Å². The molecule has 100 valence electrons. The van der Waals surface area contributed by atoms with Gasteiger partial charge in [-0.3, -0.25) is 10.1 Å². The Hall–Kier alpha value is -1.14. The molecule has 1 atom stereocenters. The van der Waals surface area contributed by atoms with E-state index in [-0.39, 0.29) is 10.6 Å². The first-order valence-electron chi connectivity index (χ1n) is 6.19. The van der Waals surface area contributed by atoms with Crippen LogP contribution in [0.2, 0.25) is 0 Å². The molecule has 0 spiro atoms. The lowest BCUT2D eigenvalue weighted by molar-refractivity contribution is -0.383. The Bertz CT molecular complexity index is 439. The summed E-state index contributed by atoms with van der Waals surface area (Å²) in [6.45, 7) is 1.63. The molecule has 0 aromatic carbocycles. The minimum absolute atomic E-state index is 0.116. The zero-order chi connectivity index (χ0) is 13.3. The van der Waals surface area contributed by atoms with Gasteiger partial charge in [0.05, 0.1) is 11.0 Å². The Morgan fingerprint density at radius 1 is 1.56 bits per heavy atom. The average Bonchev–Trinajstić information content (AvgIpc) is 2.97. The number of hydrogen-bond acceptors (Lipinski definition) is 5. The van der Waals surface area contributed by atoms with Gasteiger partial charge in [-0.1, -0.05) is 12.8 Å². The first-order valence-corrected chi connectivity index (χ1v) is 7.01. The van der Waals surface area contributed by atoms with Crippen molar-refractivity contribution in [2.45, 2.75) is 44.8 Å². The summed E-state index contributed by atoms with van der Waals surface area (Å²) in [6, 6.07) is 1.89. The summed E-state index contributed by atoms with van der Waals surface area (Å²) in [6.07, 6.45) is 3.92. The van der Waals surface area contributed by atoms with Gasteiger partial charge in [0, 0.05) is 24.0 Å². The molecule has 0 saturated heterocycles. The highest BCUT2D eigenvalue weighted by Crippen LogP contribution is 2.42. The maximum Gasteiger partial charge on any atom is 0.304 e. The van der Waals surface area contributed by atoms with Crippen LogP contribution in [0.3, 0.4) is 0 Å². The summed E-state index contributed by atoms with van der Waals surface area (Å²) in [7, 11) is 1.92. The molecule has 1 aromatic heterocycles. The van der Waals surface area contributed by atoms with E-state index in [4.69, 9.17) is 0 Å². The molecule has 1 heterocycles. The van der Waals surface area contributed by atoms with Gasteiger partial charge in [-0.2, -0.15) is 0 Å². The molecule has 0 amide bonds. The zero-order valence-corrected chi connectivity index (χ0v) is 11.4. The van der Waals surface area contributed by atoms with Gasteiger partial charge in [-0.15, -0.1) is 11.3 Å². The SMILES string of the molecule is C[C@@H](O)c1cc([N+](=O)[O-])c(N(C)C2CCCC2)s1. The number of nitro groups is 1. The molecule has 0 bridgehead atoms. The van der Waals surface area contributed by atoms with E-state index in [1.54, 1.807) is 6.92 Å². The summed E-state index contributed by atoms with van der Waals surface area (Å²) >= 11 is 1.33. The molecule has 1 aliphatic rings. The van der Waals surface area contributed by atoms with Crippen LogP contribution >= 0.6 is 11.3 Å². The first-order chi connectivity index (χ1) is 8.50. The molecule has 2 rings (SSSR count). The highest BCUT2D eigenvalue weighted by atomic mass is 32.1. The Morgan fingerprint density at radius 2 is 2.17 bits per heavy atom. The van der Waals surface area contributed by atoms with Crippen LogP contribution in [0.4, 0.5) is 10.7 Å². The summed E-state index contributed by atoms with van der Waals surface area (Å²) < 4.78 is 0. The van der Waals surface area contributed by atoms with Crippen molar-refractivity contribution in [3.8, 4) is 0 Å².